The van der Waals surface area contributed by atoms with Crippen molar-refractivity contribution in [2.75, 3.05) is 0 Å². The van der Waals surface area contributed by atoms with E-state index in [1.165, 1.54) is 6.07 Å². The molecule has 0 unspecified atom stereocenters. The highest BCUT2D eigenvalue weighted by atomic mass is 79.9. The summed E-state index contributed by atoms with van der Waals surface area (Å²) in [5.74, 6) is -1.49. The molecule has 1 heterocycles. The van der Waals surface area contributed by atoms with Crippen LogP contribution in [0.1, 0.15) is 10.4 Å². The van der Waals surface area contributed by atoms with Crippen LogP contribution in [0.25, 0.3) is 33.4 Å². The fourth-order valence-electron chi connectivity index (χ4n) is 3.16. The van der Waals surface area contributed by atoms with E-state index in [1.54, 1.807) is 30.3 Å². The van der Waals surface area contributed by atoms with Crippen molar-refractivity contribution in [3.63, 3.8) is 0 Å². The van der Waals surface area contributed by atoms with Gasteiger partial charge in [-0.25, -0.2) is 0 Å². The number of carboxylic acid groups (broad SMARTS) is 1. The summed E-state index contributed by atoms with van der Waals surface area (Å²) in [5.41, 5.74) is 1.17. The van der Waals surface area contributed by atoms with Crippen LogP contribution in [0, 0.1) is 0 Å². The van der Waals surface area contributed by atoms with Gasteiger partial charge in [0.2, 0.25) is 11.2 Å². The highest BCUT2D eigenvalue weighted by Gasteiger charge is 2.26. The second-order valence-corrected chi connectivity index (χ2v) is 9.36. The Labute approximate surface area is 197 Å². The first-order chi connectivity index (χ1) is 13.7. The van der Waals surface area contributed by atoms with Gasteiger partial charge in [0.05, 0.1) is 14.9 Å². The van der Waals surface area contributed by atoms with Crippen molar-refractivity contribution >= 4 is 80.7 Å². The van der Waals surface area contributed by atoms with Gasteiger partial charge in [-0.15, -0.1) is 0 Å². The molecular weight excluding hydrogens is 640 g/mol. The van der Waals surface area contributed by atoms with Crippen molar-refractivity contribution in [1.82, 2.24) is 0 Å². The molecule has 0 atom stereocenters. The molecule has 0 N–H and O–H groups in total. The Morgan fingerprint density at radius 3 is 2.31 bits per heavy atom. The number of hydrogen-bond donors (Lipinski definition) is 0. The maximum atomic E-state index is 12.4. The van der Waals surface area contributed by atoms with Crippen molar-refractivity contribution in [1.29, 1.82) is 0 Å². The molecule has 29 heavy (non-hydrogen) atoms. The van der Waals surface area contributed by atoms with Crippen molar-refractivity contribution in [3.05, 3.63) is 70.1 Å². The summed E-state index contributed by atoms with van der Waals surface area (Å²) < 4.78 is 6.80. The third-order valence-corrected chi connectivity index (χ3v) is 7.04. The Balaban J connectivity index is 2.34. The molecule has 145 valence electrons. The van der Waals surface area contributed by atoms with Gasteiger partial charge in [-0.1, -0.05) is 24.3 Å². The lowest BCUT2D eigenvalue weighted by Gasteiger charge is -2.20. The van der Waals surface area contributed by atoms with Crippen LogP contribution in [0.4, 0.5) is 0 Å². The number of benzene rings is 3. The van der Waals surface area contributed by atoms with Crippen LogP contribution in [0.3, 0.4) is 0 Å². The van der Waals surface area contributed by atoms with E-state index in [0.717, 1.165) is 0 Å². The normalized spacial score (nSPS) is 11.3. The van der Waals surface area contributed by atoms with Crippen molar-refractivity contribution < 1.29 is 19.4 Å². The fraction of sp³-hybridized carbons (Fsp3) is 0. The summed E-state index contributed by atoms with van der Waals surface area (Å²) in [4.78, 5) is 24.2. The minimum absolute atomic E-state index is 0.0295. The zero-order valence-corrected chi connectivity index (χ0v) is 20.4. The molecule has 0 saturated heterocycles. The molecule has 5 nitrogen and oxygen atoms in total. The minimum atomic E-state index is -1.35. The quantitative estimate of drug-likeness (QED) is 0.246. The largest absolute Gasteiger partial charge is 0.545 e. The number of carbonyl (C=O) groups is 1. The summed E-state index contributed by atoms with van der Waals surface area (Å²) in [7, 11) is 0. The third kappa shape index (κ3) is 3.24. The molecule has 0 spiro atoms. The number of carbonyl (C=O) groups excluding carboxylic acids is 1. The zero-order chi connectivity index (χ0) is 21.0. The molecule has 2 aromatic rings. The molecule has 0 amide bonds. The van der Waals surface area contributed by atoms with E-state index in [9.17, 15) is 19.8 Å². The van der Waals surface area contributed by atoms with Gasteiger partial charge >= 0.3 is 0 Å². The fourth-order valence-corrected chi connectivity index (χ4v) is 5.56. The standard InChI is InChI=1S/C20H7Br4O5/c21-11-5-9-13(7-3-1-2-4-8(7)20(27)28)10-6-12(22)17(26)15(24)19(10)29-18(9)14(23)16(11)25/h1-6H,(H,27,28)/p-1. The van der Waals surface area contributed by atoms with E-state index in [4.69, 9.17) is 4.42 Å². The monoisotopic (exact) mass is 642 g/mol. The third-order valence-electron chi connectivity index (χ3n) is 4.42. The van der Waals surface area contributed by atoms with E-state index in [2.05, 4.69) is 63.7 Å². The topological polar surface area (TPSA) is 90.2 Å². The lowest BCUT2D eigenvalue weighted by atomic mass is 9.91. The van der Waals surface area contributed by atoms with Crippen molar-refractivity contribution in [2.45, 2.75) is 0 Å². The maximum absolute atomic E-state index is 12.4. The lowest BCUT2D eigenvalue weighted by molar-refractivity contribution is -0.254. The molecule has 0 saturated carbocycles. The van der Waals surface area contributed by atoms with E-state index < -0.39 is 5.97 Å². The smallest absolute Gasteiger partial charge is 0.210 e. The average Bonchev–Trinajstić information content (AvgIpc) is 2.69. The van der Waals surface area contributed by atoms with Crippen LogP contribution in [0.15, 0.2) is 63.5 Å². The Bertz CT molecular complexity index is 1360. The molecular formula is C20H6Br4O5-. The first-order valence-corrected chi connectivity index (χ1v) is 11.1. The lowest BCUT2D eigenvalue weighted by Crippen LogP contribution is -2.23. The van der Waals surface area contributed by atoms with Gasteiger partial charge in [0.25, 0.3) is 0 Å². The van der Waals surface area contributed by atoms with Gasteiger partial charge in [-0.2, -0.15) is 0 Å². The molecule has 2 aromatic carbocycles. The summed E-state index contributed by atoms with van der Waals surface area (Å²) in [6, 6.07) is 9.50. The van der Waals surface area contributed by atoms with Gasteiger partial charge in [0.15, 0.2) is 11.3 Å². The number of hydrogen-bond acceptors (Lipinski definition) is 4. The first-order valence-electron chi connectivity index (χ1n) is 7.96. The Hall–Kier alpha value is -1.68. The van der Waals surface area contributed by atoms with Gasteiger partial charge in [0, 0.05) is 22.1 Å². The van der Waals surface area contributed by atoms with E-state index in [-0.39, 0.29) is 46.0 Å². The van der Waals surface area contributed by atoms with Gasteiger partial charge < -0.3 is 14.3 Å². The van der Waals surface area contributed by atoms with Crippen molar-refractivity contribution in [3.8, 4) is 28.2 Å². The van der Waals surface area contributed by atoms with Crippen LogP contribution < -0.4 is 10.5 Å². The molecule has 0 bridgehead atoms. The Morgan fingerprint density at radius 2 is 1.62 bits per heavy atom. The SMILES string of the molecule is [O]c1c(Br)cc2c(-c3ccccc3C(=O)[O-])c3cc(Br)c(=O)c(Br)c-3oc2c1Br. The van der Waals surface area contributed by atoms with Gasteiger partial charge in [-0.3, -0.25) is 9.90 Å². The average molecular weight is 646 g/mol. The number of aromatic carboxylic acids is 1. The molecule has 4 rings (SSSR count). The zero-order valence-electron chi connectivity index (χ0n) is 14.0. The predicted molar refractivity (Wildman–Crippen MR) is 120 cm³/mol. The number of rotatable bonds is 2. The van der Waals surface area contributed by atoms with Gasteiger partial charge in [0.1, 0.15) is 8.95 Å². The Morgan fingerprint density at radius 1 is 0.931 bits per heavy atom. The highest BCUT2D eigenvalue weighted by Crippen LogP contribution is 2.49. The number of halogens is 4. The minimum Gasteiger partial charge on any atom is -0.545 e. The second kappa shape index (κ2) is 7.54. The number of carboxylic acids is 1. The van der Waals surface area contributed by atoms with Crippen molar-refractivity contribution in [2.24, 2.45) is 0 Å². The maximum Gasteiger partial charge on any atom is 0.210 e. The van der Waals surface area contributed by atoms with Crippen LogP contribution >= 0.6 is 63.7 Å². The van der Waals surface area contributed by atoms with E-state index in [1.807, 2.05) is 0 Å². The molecule has 1 radical (unpaired) electrons. The van der Waals surface area contributed by atoms with E-state index >= 15 is 0 Å². The summed E-state index contributed by atoms with van der Waals surface area (Å²) in [6.45, 7) is 0. The molecule has 1 aliphatic heterocycles. The van der Waals surface area contributed by atoms with E-state index in [0.29, 0.717) is 22.1 Å². The predicted octanol–water partition coefficient (Wildman–Crippen LogP) is 6.12. The van der Waals surface area contributed by atoms with Gasteiger partial charge in [-0.05, 0) is 81.4 Å². The molecule has 1 aliphatic carbocycles. The number of fused-ring (bicyclic) bond motifs is 2. The van der Waals surface area contributed by atoms with Crippen LogP contribution in [0.5, 0.6) is 5.75 Å². The summed E-state index contributed by atoms with van der Waals surface area (Å²) in [6.07, 6.45) is 0. The summed E-state index contributed by atoms with van der Waals surface area (Å²) >= 11 is 13.0. The Kier molecular flexibility index (Phi) is 5.35. The molecule has 9 heteroatoms. The van der Waals surface area contributed by atoms with Crippen LogP contribution in [-0.4, -0.2) is 5.97 Å². The second-order valence-electron chi connectivity index (χ2n) is 6.07. The van der Waals surface area contributed by atoms with Crippen LogP contribution in [0.2, 0.25) is 0 Å². The highest BCUT2D eigenvalue weighted by molar-refractivity contribution is 9.11. The van der Waals surface area contributed by atoms with Crippen LogP contribution in [-0.2, 0) is 5.11 Å². The molecule has 0 fully saturated rings. The molecule has 2 aliphatic rings. The summed E-state index contributed by atoms with van der Waals surface area (Å²) in [5, 5.41) is 24.7. The first kappa shape index (κ1) is 20.6. The molecule has 0 aromatic heterocycles.